The highest BCUT2D eigenvalue weighted by molar-refractivity contribution is 6.33. The Balaban J connectivity index is 3.85. The minimum atomic E-state index is 0.859. The van der Waals surface area contributed by atoms with Crippen LogP contribution in [0, 0.1) is 23.7 Å². The monoisotopic (exact) mass is 238 g/mol. The molecule has 0 aromatic rings. The number of hydrogen-bond acceptors (Lipinski definition) is 0. The summed E-state index contributed by atoms with van der Waals surface area (Å²) in [5.41, 5.74) is 0. The molecule has 0 nitrogen and oxygen atoms in total. The van der Waals surface area contributed by atoms with Crippen LogP contribution in [0.3, 0.4) is 0 Å². The Kier molecular flexibility index (Phi) is 10.1. The molecule has 0 aromatic carbocycles. The van der Waals surface area contributed by atoms with Crippen molar-refractivity contribution >= 4 is 7.28 Å². The second-order valence-corrected chi connectivity index (χ2v) is 6.50. The third-order valence-electron chi connectivity index (χ3n) is 4.35. The van der Waals surface area contributed by atoms with Crippen LogP contribution < -0.4 is 0 Å². The van der Waals surface area contributed by atoms with Gasteiger partial charge in [0.2, 0.25) is 0 Å². The normalized spacial score (nSPS) is 16.9. The Morgan fingerprint density at radius 2 is 1.59 bits per heavy atom. The van der Waals surface area contributed by atoms with Crippen LogP contribution in [-0.2, 0) is 0 Å². The molecule has 102 valence electrons. The molecular weight excluding hydrogens is 203 g/mol. The quantitative estimate of drug-likeness (QED) is 0.447. The zero-order valence-electron chi connectivity index (χ0n) is 13.3. The van der Waals surface area contributed by atoms with E-state index in [2.05, 4.69) is 41.4 Å². The van der Waals surface area contributed by atoms with E-state index in [4.69, 9.17) is 0 Å². The second-order valence-electron chi connectivity index (χ2n) is 6.50. The predicted molar refractivity (Wildman–Crippen MR) is 83.2 cm³/mol. The lowest BCUT2D eigenvalue weighted by atomic mass is 9.71. The zero-order chi connectivity index (χ0) is 13.3. The highest BCUT2D eigenvalue weighted by Crippen LogP contribution is 2.29. The third kappa shape index (κ3) is 7.89. The summed E-state index contributed by atoms with van der Waals surface area (Å²) in [4.78, 5) is 0. The van der Waals surface area contributed by atoms with Crippen molar-refractivity contribution in [1.29, 1.82) is 0 Å². The zero-order valence-corrected chi connectivity index (χ0v) is 13.3. The van der Waals surface area contributed by atoms with E-state index in [0.29, 0.717) is 0 Å². The summed E-state index contributed by atoms with van der Waals surface area (Å²) in [6.45, 7) is 14.3. The fourth-order valence-corrected chi connectivity index (χ4v) is 3.25. The maximum Gasteiger partial charge on any atom is 0.117 e. The molecular formula is C16H35B. The van der Waals surface area contributed by atoms with Crippen molar-refractivity contribution in [3.63, 3.8) is 0 Å². The Hall–Kier alpha value is 0.0649. The van der Waals surface area contributed by atoms with Crippen molar-refractivity contribution in [2.75, 3.05) is 0 Å². The molecule has 0 aliphatic carbocycles. The lowest BCUT2D eigenvalue weighted by Crippen LogP contribution is -2.18. The Morgan fingerprint density at radius 3 is 2.06 bits per heavy atom. The van der Waals surface area contributed by atoms with Gasteiger partial charge in [0, 0.05) is 0 Å². The molecule has 0 radical (unpaired) electrons. The van der Waals surface area contributed by atoms with E-state index < -0.39 is 0 Å². The van der Waals surface area contributed by atoms with E-state index >= 15 is 0 Å². The molecule has 0 saturated carbocycles. The lowest BCUT2D eigenvalue weighted by molar-refractivity contribution is 0.233. The minimum Gasteiger partial charge on any atom is -0.0893 e. The first-order chi connectivity index (χ1) is 8.02. The number of hydrogen-bond donors (Lipinski definition) is 0. The van der Waals surface area contributed by atoms with Crippen LogP contribution in [0.25, 0.3) is 0 Å². The molecule has 0 aromatic heterocycles. The van der Waals surface area contributed by atoms with E-state index in [1.807, 2.05) is 0 Å². The second kappa shape index (κ2) is 10.0. The predicted octanol–water partition coefficient (Wildman–Crippen LogP) is 5.40. The fourth-order valence-electron chi connectivity index (χ4n) is 3.25. The molecule has 0 N–H and O–H groups in total. The summed E-state index contributed by atoms with van der Waals surface area (Å²) in [5, 5.41) is 0. The molecule has 0 aliphatic heterocycles. The first-order valence-corrected chi connectivity index (χ1v) is 8.02. The van der Waals surface area contributed by atoms with Crippen LogP contribution in [0.2, 0.25) is 13.1 Å². The molecule has 0 fully saturated rings. The molecule has 0 amide bonds. The van der Waals surface area contributed by atoms with Gasteiger partial charge >= 0.3 is 0 Å². The molecule has 0 aliphatic rings. The minimum absolute atomic E-state index is 0.859. The molecule has 0 heterocycles. The molecule has 1 heteroatoms. The van der Waals surface area contributed by atoms with Gasteiger partial charge in [-0.3, -0.25) is 0 Å². The summed E-state index contributed by atoms with van der Waals surface area (Å²) in [7, 11) is 1.35. The van der Waals surface area contributed by atoms with Crippen LogP contribution >= 0.6 is 0 Å². The smallest absolute Gasteiger partial charge is 0.0893 e. The van der Waals surface area contributed by atoms with Crippen molar-refractivity contribution in [1.82, 2.24) is 0 Å². The van der Waals surface area contributed by atoms with Crippen molar-refractivity contribution < 1.29 is 0 Å². The van der Waals surface area contributed by atoms with Crippen LogP contribution in [0.15, 0.2) is 0 Å². The van der Waals surface area contributed by atoms with Crippen molar-refractivity contribution in [2.45, 2.75) is 79.9 Å². The average Bonchev–Trinajstić information content (AvgIpc) is 2.25. The molecule has 3 atom stereocenters. The van der Waals surface area contributed by atoms with E-state index in [0.717, 1.165) is 23.7 Å². The van der Waals surface area contributed by atoms with Crippen LogP contribution in [-0.4, -0.2) is 7.28 Å². The van der Waals surface area contributed by atoms with Crippen LogP contribution in [0.5, 0.6) is 0 Å². The van der Waals surface area contributed by atoms with Gasteiger partial charge in [-0.2, -0.15) is 0 Å². The Labute approximate surface area is 111 Å². The first-order valence-electron chi connectivity index (χ1n) is 8.02. The van der Waals surface area contributed by atoms with E-state index in [9.17, 15) is 0 Å². The number of rotatable bonds is 10. The highest BCUT2D eigenvalue weighted by atomic mass is 14.2. The molecule has 2 unspecified atom stereocenters. The third-order valence-corrected chi connectivity index (χ3v) is 4.35. The average molecular weight is 238 g/mol. The highest BCUT2D eigenvalue weighted by Gasteiger charge is 2.19. The van der Waals surface area contributed by atoms with Gasteiger partial charge in [0.25, 0.3) is 0 Å². The SMILES string of the molecule is CBC[C@@H](C)CCCC(C)C(CCC)C(C)C. The van der Waals surface area contributed by atoms with Gasteiger partial charge in [0.15, 0.2) is 0 Å². The maximum absolute atomic E-state index is 2.48. The van der Waals surface area contributed by atoms with Gasteiger partial charge in [-0.25, -0.2) is 0 Å². The summed E-state index contributed by atoms with van der Waals surface area (Å²) in [5.74, 6) is 3.67. The first kappa shape index (κ1) is 17.1. The van der Waals surface area contributed by atoms with Crippen LogP contribution in [0.4, 0.5) is 0 Å². The molecule has 0 rings (SSSR count). The Bertz CT molecular complexity index is 165. The molecule has 17 heavy (non-hydrogen) atoms. The van der Waals surface area contributed by atoms with Gasteiger partial charge in [0.05, 0.1) is 0 Å². The Morgan fingerprint density at radius 1 is 0.941 bits per heavy atom. The van der Waals surface area contributed by atoms with E-state index in [1.54, 1.807) is 0 Å². The maximum atomic E-state index is 2.48. The topological polar surface area (TPSA) is 0 Å². The molecule has 0 bridgehead atoms. The summed E-state index contributed by atoms with van der Waals surface area (Å²) in [6, 6.07) is 0. The van der Waals surface area contributed by atoms with Gasteiger partial charge < -0.3 is 0 Å². The summed E-state index contributed by atoms with van der Waals surface area (Å²) < 4.78 is 0. The van der Waals surface area contributed by atoms with Crippen molar-refractivity contribution in [3.05, 3.63) is 0 Å². The largest absolute Gasteiger partial charge is 0.117 e. The molecule has 0 saturated heterocycles. The van der Waals surface area contributed by atoms with Gasteiger partial charge in [-0.05, 0) is 17.8 Å². The summed E-state index contributed by atoms with van der Waals surface area (Å²) >= 11 is 0. The summed E-state index contributed by atoms with van der Waals surface area (Å²) in [6.07, 6.45) is 8.50. The van der Waals surface area contributed by atoms with Gasteiger partial charge in [-0.1, -0.05) is 85.8 Å². The van der Waals surface area contributed by atoms with Gasteiger partial charge in [0.1, 0.15) is 7.28 Å². The molecule has 0 spiro atoms. The van der Waals surface area contributed by atoms with E-state index in [-0.39, 0.29) is 0 Å². The van der Waals surface area contributed by atoms with Crippen molar-refractivity contribution in [3.8, 4) is 0 Å². The van der Waals surface area contributed by atoms with Gasteiger partial charge in [-0.15, -0.1) is 0 Å². The van der Waals surface area contributed by atoms with Crippen molar-refractivity contribution in [2.24, 2.45) is 23.7 Å². The lowest BCUT2D eigenvalue weighted by Gasteiger charge is -2.27. The fraction of sp³-hybridized carbons (Fsp3) is 1.00. The van der Waals surface area contributed by atoms with Crippen LogP contribution in [0.1, 0.15) is 66.7 Å². The van der Waals surface area contributed by atoms with E-state index in [1.165, 1.54) is 45.7 Å². The standard InChI is InChI=1S/C16H35B/c1-7-9-16(13(2)3)15(5)11-8-10-14(4)12-17-6/h13-17H,7-12H2,1-6H3/t14-,15?,16?/m0/s1.